The Morgan fingerprint density at radius 3 is 2.27 bits per heavy atom. The Morgan fingerprint density at radius 1 is 0.923 bits per heavy atom. The quantitative estimate of drug-likeness (QED) is 0.903. The van der Waals surface area contributed by atoms with E-state index < -0.39 is 0 Å². The molecule has 2 aliphatic heterocycles. The molecule has 1 aromatic rings. The molecule has 0 radical (unpaired) electrons. The number of nitrogens with zero attached hydrogens (tertiary/aromatic N) is 2. The number of carbonyl (C=O) groups excluding carboxylic acids is 2. The van der Waals surface area contributed by atoms with Crippen LogP contribution in [0.5, 0.6) is 0 Å². The normalized spacial score (nSPS) is 24.3. The van der Waals surface area contributed by atoms with Crippen LogP contribution < -0.4 is 15.1 Å². The molecule has 0 spiro atoms. The molecule has 2 heterocycles. The summed E-state index contributed by atoms with van der Waals surface area (Å²) in [6.07, 6.45) is 8.71. The smallest absolute Gasteiger partial charge is 0.227 e. The summed E-state index contributed by atoms with van der Waals surface area (Å²) in [5.41, 5.74) is 2.14. The van der Waals surface area contributed by atoms with Gasteiger partial charge in [-0.3, -0.25) is 9.59 Å². The highest BCUT2D eigenvalue weighted by Crippen LogP contribution is 2.29. The molecule has 0 bridgehead atoms. The number of amides is 2. The second kappa shape index (κ2) is 7.68. The molecule has 140 valence electrons. The zero-order chi connectivity index (χ0) is 17.9. The van der Waals surface area contributed by atoms with Gasteiger partial charge in [0.25, 0.3) is 0 Å². The first-order valence-corrected chi connectivity index (χ1v) is 10.2. The maximum absolute atomic E-state index is 12.5. The third-order valence-corrected chi connectivity index (χ3v) is 6.08. The van der Waals surface area contributed by atoms with Crippen LogP contribution in [0, 0.1) is 5.92 Å². The highest BCUT2D eigenvalue weighted by Gasteiger charge is 2.36. The zero-order valence-corrected chi connectivity index (χ0v) is 15.5. The summed E-state index contributed by atoms with van der Waals surface area (Å²) in [6.45, 7) is 2.73. The maximum atomic E-state index is 12.5. The molecule has 1 N–H and O–H groups in total. The van der Waals surface area contributed by atoms with Crippen LogP contribution >= 0.6 is 0 Å². The molecule has 0 aromatic heterocycles. The third kappa shape index (κ3) is 3.71. The van der Waals surface area contributed by atoms with Gasteiger partial charge in [-0.15, -0.1) is 0 Å². The van der Waals surface area contributed by atoms with Crippen molar-refractivity contribution in [3.05, 3.63) is 24.3 Å². The summed E-state index contributed by atoms with van der Waals surface area (Å²) < 4.78 is 0. The molecular formula is C21H29N3O2. The largest absolute Gasteiger partial charge is 0.372 e. The molecular weight excluding hydrogens is 326 g/mol. The molecule has 1 aliphatic carbocycles. The van der Waals surface area contributed by atoms with E-state index in [4.69, 9.17) is 0 Å². The van der Waals surface area contributed by atoms with Crippen LogP contribution in [0.2, 0.25) is 0 Å². The summed E-state index contributed by atoms with van der Waals surface area (Å²) in [7, 11) is 0. The number of anilines is 2. The lowest BCUT2D eigenvalue weighted by Gasteiger charge is -2.29. The van der Waals surface area contributed by atoms with Gasteiger partial charge >= 0.3 is 0 Å². The summed E-state index contributed by atoms with van der Waals surface area (Å²) in [5, 5.41) is 3.14. The van der Waals surface area contributed by atoms with Crippen LogP contribution in [0.25, 0.3) is 0 Å². The van der Waals surface area contributed by atoms with Crippen molar-refractivity contribution in [1.29, 1.82) is 0 Å². The van der Waals surface area contributed by atoms with Gasteiger partial charge in [0.2, 0.25) is 11.8 Å². The van der Waals surface area contributed by atoms with Crippen molar-refractivity contribution in [2.45, 2.75) is 57.4 Å². The van der Waals surface area contributed by atoms with Crippen LogP contribution in [0.4, 0.5) is 11.4 Å². The number of benzene rings is 1. The standard InChI is InChI=1S/C21H29N3O2/c25-20-14-16(21(26)22-17-6-2-3-7-17)15-24(20)19-10-8-18(9-11-19)23-12-4-1-5-13-23/h8-11,16-17H,1-7,12-15H2,(H,22,26). The van der Waals surface area contributed by atoms with Crippen LogP contribution in [0.1, 0.15) is 51.4 Å². The van der Waals surface area contributed by atoms with Crippen molar-refractivity contribution in [1.82, 2.24) is 5.32 Å². The first kappa shape index (κ1) is 17.4. The highest BCUT2D eigenvalue weighted by molar-refractivity contribution is 6.00. The minimum Gasteiger partial charge on any atom is -0.372 e. The van der Waals surface area contributed by atoms with Crippen molar-refractivity contribution >= 4 is 23.2 Å². The van der Waals surface area contributed by atoms with Gasteiger partial charge in [-0.25, -0.2) is 0 Å². The molecule has 1 unspecified atom stereocenters. The van der Waals surface area contributed by atoms with E-state index in [1.807, 2.05) is 12.1 Å². The van der Waals surface area contributed by atoms with Crippen molar-refractivity contribution in [2.75, 3.05) is 29.4 Å². The number of rotatable bonds is 4. The molecule has 2 amide bonds. The van der Waals surface area contributed by atoms with Crippen molar-refractivity contribution in [3.63, 3.8) is 0 Å². The highest BCUT2D eigenvalue weighted by atomic mass is 16.2. The number of piperidine rings is 1. The molecule has 4 rings (SSSR count). The lowest BCUT2D eigenvalue weighted by Crippen LogP contribution is -2.38. The fraction of sp³-hybridized carbons (Fsp3) is 0.619. The van der Waals surface area contributed by atoms with E-state index in [0.717, 1.165) is 31.6 Å². The van der Waals surface area contributed by atoms with E-state index in [0.29, 0.717) is 19.0 Å². The SMILES string of the molecule is O=C(NC1CCCC1)C1CC(=O)N(c2ccc(N3CCCCC3)cc2)C1. The van der Waals surface area contributed by atoms with Crippen molar-refractivity contribution in [2.24, 2.45) is 5.92 Å². The predicted octanol–water partition coefficient (Wildman–Crippen LogP) is 3.09. The van der Waals surface area contributed by atoms with Gasteiger partial charge in [0.15, 0.2) is 0 Å². The van der Waals surface area contributed by atoms with Crippen LogP contribution in [0.15, 0.2) is 24.3 Å². The van der Waals surface area contributed by atoms with Crippen LogP contribution in [-0.2, 0) is 9.59 Å². The molecule has 2 saturated heterocycles. The van der Waals surface area contributed by atoms with Gasteiger partial charge in [0, 0.05) is 43.5 Å². The summed E-state index contributed by atoms with van der Waals surface area (Å²) in [5.74, 6) is -0.107. The van der Waals surface area contributed by atoms with E-state index in [2.05, 4.69) is 22.3 Å². The van der Waals surface area contributed by atoms with E-state index in [1.165, 1.54) is 37.8 Å². The van der Waals surface area contributed by atoms with E-state index in [-0.39, 0.29) is 17.7 Å². The summed E-state index contributed by atoms with van der Waals surface area (Å²) >= 11 is 0. The van der Waals surface area contributed by atoms with Gasteiger partial charge in [-0.05, 0) is 56.4 Å². The third-order valence-electron chi connectivity index (χ3n) is 6.08. The summed E-state index contributed by atoms with van der Waals surface area (Å²) in [4.78, 5) is 29.1. The van der Waals surface area contributed by atoms with Crippen LogP contribution in [-0.4, -0.2) is 37.5 Å². The minimum atomic E-state index is -0.218. The van der Waals surface area contributed by atoms with Gasteiger partial charge in [-0.1, -0.05) is 12.8 Å². The Labute approximate surface area is 155 Å². The first-order chi connectivity index (χ1) is 12.7. The predicted molar refractivity (Wildman–Crippen MR) is 103 cm³/mol. The van der Waals surface area contributed by atoms with Crippen LogP contribution in [0.3, 0.4) is 0 Å². The average Bonchev–Trinajstić information content (AvgIpc) is 3.32. The second-order valence-electron chi connectivity index (χ2n) is 7.96. The zero-order valence-electron chi connectivity index (χ0n) is 15.5. The molecule has 26 heavy (non-hydrogen) atoms. The molecule has 5 nitrogen and oxygen atoms in total. The fourth-order valence-corrected chi connectivity index (χ4v) is 4.52. The number of carbonyl (C=O) groups is 2. The lowest BCUT2D eigenvalue weighted by atomic mass is 10.1. The first-order valence-electron chi connectivity index (χ1n) is 10.2. The minimum absolute atomic E-state index is 0.0534. The van der Waals surface area contributed by atoms with Gasteiger partial charge in [0.1, 0.15) is 0 Å². The maximum Gasteiger partial charge on any atom is 0.227 e. The van der Waals surface area contributed by atoms with Crippen molar-refractivity contribution in [3.8, 4) is 0 Å². The fourth-order valence-electron chi connectivity index (χ4n) is 4.52. The Morgan fingerprint density at radius 2 is 1.58 bits per heavy atom. The Balaban J connectivity index is 1.38. The van der Waals surface area contributed by atoms with Crippen molar-refractivity contribution < 1.29 is 9.59 Å². The molecule has 3 aliphatic rings. The lowest BCUT2D eigenvalue weighted by molar-refractivity contribution is -0.126. The molecule has 3 fully saturated rings. The molecule has 5 heteroatoms. The number of nitrogens with one attached hydrogen (secondary N) is 1. The number of hydrogen-bond donors (Lipinski definition) is 1. The second-order valence-corrected chi connectivity index (χ2v) is 7.96. The Hall–Kier alpha value is -2.04. The van der Waals surface area contributed by atoms with E-state index in [1.54, 1.807) is 4.90 Å². The number of hydrogen-bond acceptors (Lipinski definition) is 3. The van der Waals surface area contributed by atoms with Gasteiger partial charge in [0.05, 0.1) is 5.92 Å². The molecule has 1 atom stereocenters. The molecule has 1 saturated carbocycles. The molecule has 1 aromatic carbocycles. The van der Waals surface area contributed by atoms with E-state index >= 15 is 0 Å². The average molecular weight is 355 g/mol. The van der Waals surface area contributed by atoms with E-state index in [9.17, 15) is 9.59 Å². The van der Waals surface area contributed by atoms with Gasteiger partial charge in [-0.2, -0.15) is 0 Å². The summed E-state index contributed by atoms with van der Waals surface area (Å²) in [6, 6.07) is 8.59. The monoisotopic (exact) mass is 355 g/mol. The Bertz CT molecular complexity index is 646. The van der Waals surface area contributed by atoms with Gasteiger partial charge < -0.3 is 15.1 Å². The Kier molecular flexibility index (Phi) is 5.14. The topological polar surface area (TPSA) is 52.7 Å².